The Kier molecular flexibility index (Phi) is 3.97. The predicted molar refractivity (Wildman–Crippen MR) is 80.1 cm³/mol. The molecule has 2 aromatic carbocycles. The Morgan fingerprint density at radius 3 is 2.55 bits per heavy atom. The van der Waals surface area contributed by atoms with Gasteiger partial charge in [-0.1, -0.05) is 30.3 Å². The summed E-state index contributed by atoms with van der Waals surface area (Å²) in [4.78, 5) is 2.45. The summed E-state index contributed by atoms with van der Waals surface area (Å²) in [7, 11) is 0. The quantitative estimate of drug-likeness (QED) is 0.914. The Bertz CT molecular complexity index is 539. The topological polar surface area (TPSA) is 15.3 Å². The van der Waals surface area contributed by atoms with Crippen LogP contribution in [0, 0.1) is 5.82 Å². The third-order valence-corrected chi connectivity index (χ3v) is 3.74. The molecule has 1 atom stereocenters. The Morgan fingerprint density at radius 2 is 1.80 bits per heavy atom. The summed E-state index contributed by atoms with van der Waals surface area (Å²) in [6.45, 7) is 3.14. The van der Waals surface area contributed by atoms with Crippen molar-refractivity contribution in [3.63, 3.8) is 0 Å². The molecule has 2 aromatic rings. The van der Waals surface area contributed by atoms with E-state index in [-0.39, 0.29) is 5.82 Å². The van der Waals surface area contributed by atoms with E-state index >= 15 is 0 Å². The molecule has 0 bridgehead atoms. The normalized spacial score (nSPS) is 19.1. The molecular formula is C17H19FN2. The predicted octanol–water partition coefficient (Wildman–Crippen LogP) is 3.51. The van der Waals surface area contributed by atoms with Crippen LogP contribution in [0.3, 0.4) is 0 Å². The second kappa shape index (κ2) is 6.06. The van der Waals surface area contributed by atoms with Crippen LogP contribution in [0.5, 0.6) is 0 Å². The van der Waals surface area contributed by atoms with Gasteiger partial charge >= 0.3 is 0 Å². The van der Waals surface area contributed by atoms with Crippen molar-refractivity contribution in [3.05, 3.63) is 66.0 Å². The molecule has 1 unspecified atom stereocenters. The lowest BCUT2D eigenvalue weighted by atomic mass is 10.2. The van der Waals surface area contributed by atoms with E-state index in [0.29, 0.717) is 6.04 Å². The van der Waals surface area contributed by atoms with E-state index in [2.05, 4.69) is 34.5 Å². The SMILES string of the molecule is Fc1ccc(NC2CCN(Cc3ccccc3)C2)cc1. The molecule has 1 saturated heterocycles. The highest BCUT2D eigenvalue weighted by Crippen LogP contribution is 2.18. The largest absolute Gasteiger partial charge is 0.381 e. The molecule has 1 N–H and O–H groups in total. The molecule has 0 radical (unpaired) electrons. The van der Waals surface area contributed by atoms with Gasteiger partial charge in [0.15, 0.2) is 0 Å². The zero-order valence-corrected chi connectivity index (χ0v) is 11.4. The van der Waals surface area contributed by atoms with Crippen molar-refractivity contribution in [3.8, 4) is 0 Å². The van der Waals surface area contributed by atoms with Crippen LogP contribution in [0.15, 0.2) is 54.6 Å². The maximum atomic E-state index is 12.9. The first kappa shape index (κ1) is 13.1. The molecule has 20 heavy (non-hydrogen) atoms. The van der Waals surface area contributed by atoms with Crippen molar-refractivity contribution in [1.29, 1.82) is 0 Å². The van der Waals surface area contributed by atoms with E-state index < -0.39 is 0 Å². The number of nitrogens with one attached hydrogen (secondary N) is 1. The highest BCUT2D eigenvalue weighted by Gasteiger charge is 2.22. The Balaban J connectivity index is 1.53. The summed E-state index contributed by atoms with van der Waals surface area (Å²) in [6.07, 6.45) is 1.13. The molecule has 0 saturated carbocycles. The summed E-state index contributed by atoms with van der Waals surface area (Å²) in [5.74, 6) is -0.187. The van der Waals surface area contributed by atoms with Gasteiger partial charge in [-0.15, -0.1) is 0 Å². The fraction of sp³-hybridized carbons (Fsp3) is 0.294. The number of hydrogen-bond donors (Lipinski definition) is 1. The lowest BCUT2D eigenvalue weighted by Gasteiger charge is -2.17. The summed E-state index contributed by atoms with van der Waals surface area (Å²) in [6, 6.07) is 17.6. The van der Waals surface area contributed by atoms with Crippen molar-refractivity contribution in [2.24, 2.45) is 0 Å². The number of halogens is 1. The van der Waals surface area contributed by atoms with Crippen LogP contribution >= 0.6 is 0 Å². The molecule has 1 aliphatic heterocycles. The van der Waals surface area contributed by atoms with E-state index in [9.17, 15) is 4.39 Å². The monoisotopic (exact) mass is 270 g/mol. The third-order valence-electron chi connectivity index (χ3n) is 3.74. The second-order valence-corrected chi connectivity index (χ2v) is 5.36. The van der Waals surface area contributed by atoms with E-state index in [1.165, 1.54) is 17.7 Å². The van der Waals surface area contributed by atoms with Crippen LogP contribution in [-0.2, 0) is 6.54 Å². The molecule has 2 nitrogen and oxygen atoms in total. The Labute approximate surface area is 119 Å². The van der Waals surface area contributed by atoms with Crippen molar-refractivity contribution >= 4 is 5.69 Å². The minimum Gasteiger partial charge on any atom is -0.381 e. The molecule has 104 valence electrons. The summed E-state index contributed by atoms with van der Waals surface area (Å²) in [5.41, 5.74) is 2.35. The van der Waals surface area contributed by atoms with Crippen LogP contribution in [-0.4, -0.2) is 24.0 Å². The van der Waals surface area contributed by atoms with Gasteiger partial charge in [0, 0.05) is 31.4 Å². The standard InChI is InChI=1S/C17H19FN2/c18-15-6-8-16(9-7-15)19-17-10-11-20(13-17)12-14-4-2-1-3-5-14/h1-9,17,19H,10-13H2. The first-order chi connectivity index (χ1) is 9.79. The number of likely N-dealkylation sites (tertiary alicyclic amines) is 1. The molecule has 3 rings (SSSR count). The zero-order valence-electron chi connectivity index (χ0n) is 11.4. The molecule has 1 aliphatic rings. The van der Waals surface area contributed by atoms with Gasteiger partial charge in [-0.3, -0.25) is 4.90 Å². The molecule has 0 aliphatic carbocycles. The lowest BCUT2D eigenvalue weighted by molar-refractivity contribution is 0.328. The first-order valence-electron chi connectivity index (χ1n) is 7.08. The van der Waals surface area contributed by atoms with Crippen molar-refractivity contribution in [1.82, 2.24) is 4.90 Å². The van der Waals surface area contributed by atoms with Gasteiger partial charge in [-0.05, 0) is 36.2 Å². The second-order valence-electron chi connectivity index (χ2n) is 5.36. The first-order valence-corrected chi connectivity index (χ1v) is 7.08. The minimum atomic E-state index is -0.187. The highest BCUT2D eigenvalue weighted by atomic mass is 19.1. The third kappa shape index (κ3) is 3.36. The molecular weight excluding hydrogens is 251 g/mol. The van der Waals surface area contributed by atoms with Crippen LogP contribution in [0.25, 0.3) is 0 Å². The van der Waals surface area contributed by atoms with Crippen molar-refractivity contribution < 1.29 is 4.39 Å². The van der Waals surface area contributed by atoms with Gasteiger partial charge < -0.3 is 5.32 Å². The summed E-state index contributed by atoms with van der Waals surface area (Å²) < 4.78 is 12.9. The van der Waals surface area contributed by atoms with Gasteiger partial charge in [0.05, 0.1) is 0 Å². The molecule has 3 heteroatoms. The fourth-order valence-electron chi connectivity index (χ4n) is 2.72. The summed E-state index contributed by atoms with van der Waals surface area (Å²) >= 11 is 0. The molecule has 1 heterocycles. The Morgan fingerprint density at radius 1 is 1.05 bits per heavy atom. The van der Waals surface area contributed by atoms with Gasteiger partial charge in [-0.25, -0.2) is 4.39 Å². The van der Waals surface area contributed by atoms with E-state index in [4.69, 9.17) is 0 Å². The molecule has 0 aromatic heterocycles. The maximum Gasteiger partial charge on any atom is 0.123 e. The fourth-order valence-corrected chi connectivity index (χ4v) is 2.72. The summed E-state index contributed by atoms with van der Waals surface area (Å²) in [5, 5.41) is 3.48. The van der Waals surface area contributed by atoms with E-state index in [1.807, 2.05) is 6.07 Å². The van der Waals surface area contributed by atoms with Gasteiger partial charge in [0.2, 0.25) is 0 Å². The number of hydrogen-bond acceptors (Lipinski definition) is 2. The van der Waals surface area contributed by atoms with E-state index in [0.717, 1.165) is 31.7 Å². The lowest BCUT2D eigenvalue weighted by Crippen LogP contribution is -2.25. The smallest absolute Gasteiger partial charge is 0.123 e. The maximum absolute atomic E-state index is 12.9. The number of anilines is 1. The zero-order chi connectivity index (χ0) is 13.8. The van der Waals surface area contributed by atoms with Gasteiger partial charge in [0.25, 0.3) is 0 Å². The highest BCUT2D eigenvalue weighted by molar-refractivity contribution is 5.44. The van der Waals surface area contributed by atoms with Crippen LogP contribution in [0.2, 0.25) is 0 Å². The van der Waals surface area contributed by atoms with E-state index in [1.54, 1.807) is 12.1 Å². The number of rotatable bonds is 4. The number of nitrogens with zero attached hydrogens (tertiary/aromatic N) is 1. The average molecular weight is 270 g/mol. The van der Waals surface area contributed by atoms with Crippen LogP contribution in [0.1, 0.15) is 12.0 Å². The van der Waals surface area contributed by atoms with Crippen LogP contribution in [0.4, 0.5) is 10.1 Å². The minimum absolute atomic E-state index is 0.187. The van der Waals surface area contributed by atoms with Gasteiger partial charge in [0.1, 0.15) is 5.82 Å². The molecule has 1 fully saturated rings. The average Bonchev–Trinajstić information content (AvgIpc) is 2.90. The molecule has 0 spiro atoms. The Hall–Kier alpha value is -1.87. The van der Waals surface area contributed by atoms with Crippen molar-refractivity contribution in [2.75, 3.05) is 18.4 Å². The van der Waals surface area contributed by atoms with Crippen molar-refractivity contribution in [2.45, 2.75) is 19.0 Å². The molecule has 0 amide bonds. The van der Waals surface area contributed by atoms with Crippen LogP contribution < -0.4 is 5.32 Å². The number of benzene rings is 2. The van der Waals surface area contributed by atoms with Gasteiger partial charge in [-0.2, -0.15) is 0 Å².